The molecule has 0 saturated heterocycles. The monoisotopic (exact) mass is 432 g/mol. The van der Waals surface area contributed by atoms with E-state index < -0.39 is 0 Å². The first-order chi connectivity index (χ1) is 14.9. The molecule has 4 nitrogen and oxygen atoms in total. The average Bonchev–Trinajstić information content (AvgIpc) is 3.08. The van der Waals surface area contributed by atoms with Crippen molar-refractivity contribution in [3.05, 3.63) is 99.3 Å². The number of rotatable bonds is 6. The van der Waals surface area contributed by atoms with Gasteiger partial charge in [-0.1, -0.05) is 42.8 Å². The fourth-order valence-electron chi connectivity index (χ4n) is 3.43. The van der Waals surface area contributed by atoms with Gasteiger partial charge in [0.15, 0.2) is 18.1 Å². The molecule has 5 heteroatoms. The summed E-state index contributed by atoms with van der Waals surface area (Å²) in [6, 6.07) is 18.0. The van der Waals surface area contributed by atoms with Gasteiger partial charge in [0.25, 0.3) is 0 Å². The molecule has 0 amide bonds. The molecule has 0 saturated carbocycles. The number of Topliss-reactive ketones (excluding diaryl/α,β-unsaturated/α-hetero) is 2. The number of carbonyl (C=O) groups is 2. The van der Waals surface area contributed by atoms with Crippen LogP contribution in [0.2, 0.25) is 5.02 Å². The maximum Gasteiger partial charge on any atom is 0.232 e. The van der Waals surface area contributed by atoms with E-state index in [9.17, 15) is 9.59 Å². The van der Waals surface area contributed by atoms with Crippen LogP contribution in [-0.2, 0) is 6.42 Å². The van der Waals surface area contributed by atoms with Crippen LogP contribution in [0.1, 0.15) is 44.3 Å². The lowest BCUT2D eigenvalue weighted by Gasteiger charge is -2.09. The predicted octanol–water partition coefficient (Wildman–Crippen LogP) is 6.09. The Morgan fingerprint density at radius 1 is 1.06 bits per heavy atom. The van der Waals surface area contributed by atoms with Gasteiger partial charge in [-0.3, -0.25) is 9.59 Å². The van der Waals surface area contributed by atoms with E-state index in [1.165, 1.54) is 5.56 Å². The number of fused-ring (bicyclic) bond motifs is 1. The number of benzene rings is 3. The summed E-state index contributed by atoms with van der Waals surface area (Å²) in [5.74, 6) is 0.866. The van der Waals surface area contributed by atoms with Gasteiger partial charge in [-0.15, -0.1) is 0 Å². The Bertz CT molecular complexity index is 1180. The highest BCUT2D eigenvalue weighted by Gasteiger charge is 2.30. The van der Waals surface area contributed by atoms with Crippen LogP contribution in [0.15, 0.2) is 66.4 Å². The molecule has 0 spiro atoms. The van der Waals surface area contributed by atoms with E-state index in [0.717, 1.165) is 17.5 Å². The highest BCUT2D eigenvalue weighted by molar-refractivity contribution is 6.30. The van der Waals surface area contributed by atoms with E-state index in [-0.39, 0.29) is 23.9 Å². The fourth-order valence-corrected chi connectivity index (χ4v) is 3.56. The molecule has 156 valence electrons. The summed E-state index contributed by atoms with van der Waals surface area (Å²) in [7, 11) is 0. The summed E-state index contributed by atoms with van der Waals surface area (Å²) in [6.45, 7) is 3.80. The SMILES string of the molecule is CCc1ccc(/C=C2\Oc3cc(OCC(=O)c4ccc(Cl)cc4)cc(C)c3C2=O)cc1. The smallest absolute Gasteiger partial charge is 0.232 e. The fraction of sp³-hybridized carbons (Fsp3) is 0.154. The van der Waals surface area contributed by atoms with Gasteiger partial charge in [0.2, 0.25) is 5.78 Å². The summed E-state index contributed by atoms with van der Waals surface area (Å²) in [6.07, 6.45) is 2.70. The van der Waals surface area contributed by atoms with Crippen LogP contribution < -0.4 is 9.47 Å². The molecule has 0 N–H and O–H groups in total. The maximum absolute atomic E-state index is 12.8. The van der Waals surface area contributed by atoms with Crippen molar-refractivity contribution in [3.8, 4) is 11.5 Å². The first-order valence-corrected chi connectivity index (χ1v) is 10.4. The Morgan fingerprint density at radius 3 is 2.45 bits per heavy atom. The van der Waals surface area contributed by atoms with Crippen LogP contribution in [0.5, 0.6) is 11.5 Å². The second-order valence-electron chi connectivity index (χ2n) is 7.37. The molecule has 3 aromatic rings. The van der Waals surface area contributed by atoms with E-state index in [1.807, 2.05) is 31.2 Å². The third kappa shape index (κ3) is 4.54. The summed E-state index contributed by atoms with van der Waals surface area (Å²) >= 11 is 5.86. The number of hydrogen-bond acceptors (Lipinski definition) is 4. The zero-order chi connectivity index (χ0) is 22.0. The van der Waals surface area contributed by atoms with E-state index >= 15 is 0 Å². The van der Waals surface area contributed by atoms with E-state index in [1.54, 1.807) is 42.5 Å². The minimum atomic E-state index is -0.164. The standard InChI is InChI=1S/C26H21ClO4/c1-3-17-4-6-18(7-5-17)13-24-26(29)25-16(2)12-21(14-23(25)31-24)30-15-22(28)19-8-10-20(27)11-9-19/h4-14H,3,15H2,1-2H3/b24-13-. The molecule has 0 aliphatic carbocycles. The highest BCUT2D eigenvalue weighted by atomic mass is 35.5. The van der Waals surface area contributed by atoms with Gasteiger partial charge in [-0.05, 0) is 66.4 Å². The predicted molar refractivity (Wildman–Crippen MR) is 121 cm³/mol. The molecule has 1 heterocycles. The number of carbonyl (C=O) groups excluding carboxylic acids is 2. The minimum absolute atomic E-state index is 0.125. The molecule has 0 atom stereocenters. The Kier molecular flexibility index (Phi) is 5.92. The van der Waals surface area contributed by atoms with Gasteiger partial charge in [0.05, 0.1) is 5.56 Å². The molecule has 1 aliphatic heterocycles. The lowest BCUT2D eigenvalue weighted by molar-refractivity contribution is 0.0920. The van der Waals surface area contributed by atoms with Gasteiger partial charge >= 0.3 is 0 Å². The first kappa shape index (κ1) is 20.9. The normalized spacial score (nSPS) is 13.8. The van der Waals surface area contributed by atoms with Crippen molar-refractivity contribution >= 4 is 29.2 Å². The zero-order valence-electron chi connectivity index (χ0n) is 17.3. The van der Waals surface area contributed by atoms with Crippen molar-refractivity contribution in [1.82, 2.24) is 0 Å². The van der Waals surface area contributed by atoms with Gasteiger partial charge in [-0.25, -0.2) is 0 Å². The second kappa shape index (κ2) is 8.78. The average molecular weight is 433 g/mol. The number of aryl methyl sites for hydroxylation is 2. The molecule has 3 aromatic carbocycles. The van der Waals surface area contributed by atoms with Crippen LogP contribution in [-0.4, -0.2) is 18.2 Å². The molecular weight excluding hydrogens is 412 g/mol. The number of ether oxygens (including phenoxy) is 2. The quantitative estimate of drug-likeness (QED) is 0.349. The Hall–Kier alpha value is -3.37. The van der Waals surface area contributed by atoms with Gasteiger partial charge in [0.1, 0.15) is 11.5 Å². The van der Waals surface area contributed by atoms with E-state index in [4.69, 9.17) is 21.1 Å². The van der Waals surface area contributed by atoms with Crippen molar-refractivity contribution in [2.45, 2.75) is 20.3 Å². The molecular formula is C26H21ClO4. The lowest BCUT2D eigenvalue weighted by atomic mass is 10.0. The maximum atomic E-state index is 12.8. The van der Waals surface area contributed by atoms with Gasteiger partial charge in [-0.2, -0.15) is 0 Å². The van der Waals surface area contributed by atoms with Crippen molar-refractivity contribution < 1.29 is 19.1 Å². The third-order valence-corrected chi connectivity index (χ3v) is 5.42. The lowest BCUT2D eigenvalue weighted by Crippen LogP contribution is -2.11. The van der Waals surface area contributed by atoms with Crippen molar-refractivity contribution in [3.63, 3.8) is 0 Å². The first-order valence-electron chi connectivity index (χ1n) is 10.0. The van der Waals surface area contributed by atoms with Crippen molar-refractivity contribution in [2.75, 3.05) is 6.61 Å². The summed E-state index contributed by atoms with van der Waals surface area (Å²) in [4.78, 5) is 25.2. The van der Waals surface area contributed by atoms with Gasteiger partial charge < -0.3 is 9.47 Å². The highest BCUT2D eigenvalue weighted by Crippen LogP contribution is 2.37. The Morgan fingerprint density at radius 2 is 1.77 bits per heavy atom. The molecule has 1 aliphatic rings. The van der Waals surface area contributed by atoms with E-state index in [2.05, 4.69) is 6.92 Å². The molecule has 0 aromatic heterocycles. The summed E-state index contributed by atoms with van der Waals surface area (Å²) in [5.41, 5.74) is 3.91. The zero-order valence-corrected chi connectivity index (χ0v) is 18.0. The molecule has 4 rings (SSSR count). The number of ketones is 2. The van der Waals surface area contributed by atoms with Crippen LogP contribution >= 0.6 is 11.6 Å². The summed E-state index contributed by atoms with van der Waals surface area (Å²) < 4.78 is 11.5. The molecule has 0 radical (unpaired) electrons. The molecule has 0 unspecified atom stereocenters. The third-order valence-electron chi connectivity index (χ3n) is 5.17. The molecule has 0 bridgehead atoms. The van der Waals surface area contributed by atoms with Crippen molar-refractivity contribution in [1.29, 1.82) is 0 Å². The number of hydrogen-bond donors (Lipinski definition) is 0. The van der Waals surface area contributed by atoms with Crippen LogP contribution in [0.4, 0.5) is 0 Å². The van der Waals surface area contributed by atoms with Crippen molar-refractivity contribution in [2.24, 2.45) is 0 Å². The molecule has 31 heavy (non-hydrogen) atoms. The van der Waals surface area contributed by atoms with Crippen LogP contribution in [0, 0.1) is 6.92 Å². The van der Waals surface area contributed by atoms with E-state index in [0.29, 0.717) is 27.6 Å². The van der Waals surface area contributed by atoms with Crippen LogP contribution in [0.25, 0.3) is 6.08 Å². The minimum Gasteiger partial charge on any atom is -0.485 e. The van der Waals surface area contributed by atoms with Crippen LogP contribution in [0.3, 0.4) is 0 Å². The number of halogens is 1. The largest absolute Gasteiger partial charge is 0.485 e. The second-order valence-corrected chi connectivity index (χ2v) is 7.80. The summed E-state index contributed by atoms with van der Waals surface area (Å²) in [5, 5.41) is 0.568. The topological polar surface area (TPSA) is 52.6 Å². The Balaban J connectivity index is 1.50. The molecule has 0 fully saturated rings. The Labute approximate surface area is 186 Å². The number of allylic oxidation sites excluding steroid dienone is 1. The van der Waals surface area contributed by atoms with Gasteiger partial charge in [0, 0.05) is 16.7 Å².